The van der Waals surface area contributed by atoms with Gasteiger partial charge in [0.15, 0.2) is 4.32 Å². The number of benzene rings is 3. The number of nitrogens with one attached hydrogen (secondary N) is 1. The molecule has 0 unspecified atom stereocenters. The first-order valence-corrected chi connectivity index (χ1v) is 11.6. The number of aryl methyl sites for hydroxylation is 2. The normalized spacial score (nSPS) is 14.6. The van der Waals surface area contributed by atoms with Crippen molar-refractivity contribution in [3.05, 3.63) is 106 Å². The lowest BCUT2D eigenvalue weighted by molar-refractivity contribution is -0.123. The smallest absolute Gasteiger partial charge is 0.285 e. The van der Waals surface area contributed by atoms with Gasteiger partial charge in [-0.2, -0.15) is 5.01 Å². The lowest BCUT2D eigenvalue weighted by Gasteiger charge is -2.16. The molecular formula is C26H22N2O3S2. The van der Waals surface area contributed by atoms with E-state index in [9.17, 15) is 9.59 Å². The highest BCUT2D eigenvalue weighted by Gasteiger charge is 2.33. The highest BCUT2D eigenvalue weighted by atomic mass is 32.2. The van der Waals surface area contributed by atoms with Crippen molar-refractivity contribution < 1.29 is 14.3 Å². The highest BCUT2D eigenvalue weighted by molar-refractivity contribution is 8.26. The van der Waals surface area contributed by atoms with Crippen molar-refractivity contribution >= 4 is 46.2 Å². The van der Waals surface area contributed by atoms with E-state index in [2.05, 4.69) is 24.5 Å². The molecule has 0 atom stereocenters. The Labute approximate surface area is 202 Å². The number of hydrazine groups is 1. The Morgan fingerprint density at radius 2 is 1.82 bits per heavy atom. The average molecular weight is 475 g/mol. The number of amides is 2. The van der Waals surface area contributed by atoms with E-state index < -0.39 is 0 Å². The maximum Gasteiger partial charge on any atom is 0.285 e. The van der Waals surface area contributed by atoms with Crippen LogP contribution in [0, 0.1) is 13.8 Å². The predicted octanol–water partition coefficient (Wildman–Crippen LogP) is 5.43. The van der Waals surface area contributed by atoms with E-state index in [0.29, 0.717) is 17.1 Å². The third-order valence-corrected chi connectivity index (χ3v) is 6.36. The van der Waals surface area contributed by atoms with Gasteiger partial charge < -0.3 is 4.74 Å². The van der Waals surface area contributed by atoms with Crippen LogP contribution in [-0.4, -0.2) is 21.1 Å². The Balaban J connectivity index is 1.40. The van der Waals surface area contributed by atoms with Crippen molar-refractivity contribution in [3.63, 3.8) is 0 Å². The van der Waals surface area contributed by atoms with Gasteiger partial charge in [0.1, 0.15) is 12.4 Å². The zero-order chi connectivity index (χ0) is 23.4. The van der Waals surface area contributed by atoms with Crippen LogP contribution in [0.4, 0.5) is 0 Å². The molecule has 1 saturated heterocycles. The average Bonchev–Trinajstić information content (AvgIpc) is 3.06. The summed E-state index contributed by atoms with van der Waals surface area (Å²) in [4.78, 5) is 25.9. The number of hydrogen-bond acceptors (Lipinski definition) is 5. The third-order valence-electron chi connectivity index (χ3n) is 5.06. The molecule has 7 heteroatoms. The molecule has 1 heterocycles. The molecular weight excluding hydrogens is 452 g/mol. The van der Waals surface area contributed by atoms with Gasteiger partial charge in [-0.25, -0.2) is 0 Å². The topological polar surface area (TPSA) is 58.6 Å². The number of carbonyl (C=O) groups is 2. The maximum absolute atomic E-state index is 12.8. The number of rotatable bonds is 6. The van der Waals surface area contributed by atoms with Gasteiger partial charge in [0, 0.05) is 5.56 Å². The van der Waals surface area contributed by atoms with Gasteiger partial charge in [0.25, 0.3) is 11.8 Å². The van der Waals surface area contributed by atoms with Gasteiger partial charge in [0.2, 0.25) is 0 Å². The number of nitrogens with zero attached hydrogens (tertiary/aromatic N) is 1. The summed E-state index contributed by atoms with van der Waals surface area (Å²) in [7, 11) is 0. The molecule has 0 aliphatic carbocycles. The number of ether oxygens (including phenoxy) is 1. The molecule has 3 aromatic carbocycles. The summed E-state index contributed by atoms with van der Waals surface area (Å²) in [6.07, 6.45) is 1.75. The van der Waals surface area contributed by atoms with Crippen LogP contribution in [0.2, 0.25) is 0 Å². The van der Waals surface area contributed by atoms with E-state index in [-0.39, 0.29) is 16.1 Å². The molecule has 2 amide bonds. The summed E-state index contributed by atoms with van der Waals surface area (Å²) >= 11 is 6.47. The molecule has 3 aromatic rings. The zero-order valence-electron chi connectivity index (χ0n) is 18.2. The molecule has 1 N–H and O–H groups in total. The van der Waals surface area contributed by atoms with E-state index in [1.54, 1.807) is 18.2 Å². The first-order chi connectivity index (χ1) is 15.9. The van der Waals surface area contributed by atoms with Crippen LogP contribution in [0.15, 0.2) is 77.7 Å². The Hall–Kier alpha value is -3.42. The van der Waals surface area contributed by atoms with Crippen LogP contribution in [0.3, 0.4) is 0 Å². The summed E-state index contributed by atoms with van der Waals surface area (Å²) in [6, 6.07) is 22.8. The SMILES string of the molecule is Cc1cccc(COc2ccc(/C=C3/SC(=S)N(NC(=O)c4ccccc4C)C3=O)cc2)c1. The fourth-order valence-corrected chi connectivity index (χ4v) is 4.51. The van der Waals surface area contributed by atoms with Crippen molar-refractivity contribution in [1.82, 2.24) is 10.4 Å². The molecule has 0 spiro atoms. The van der Waals surface area contributed by atoms with Crippen LogP contribution < -0.4 is 10.2 Å². The van der Waals surface area contributed by atoms with Crippen LogP contribution in [0.25, 0.3) is 6.08 Å². The molecule has 0 saturated carbocycles. The Kier molecular flexibility index (Phi) is 6.91. The summed E-state index contributed by atoms with van der Waals surface area (Å²) in [5, 5.41) is 1.12. The quantitative estimate of drug-likeness (QED) is 0.381. The van der Waals surface area contributed by atoms with Crippen LogP contribution in [0.5, 0.6) is 5.75 Å². The fourth-order valence-electron chi connectivity index (χ4n) is 3.33. The molecule has 1 fully saturated rings. The minimum atomic E-state index is -0.374. The first kappa shape index (κ1) is 22.8. The highest BCUT2D eigenvalue weighted by Crippen LogP contribution is 2.32. The van der Waals surface area contributed by atoms with Crippen molar-refractivity contribution in [2.75, 3.05) is 0 Å². The van der Waals surface area contributed by atoms with E-state index in [4.69, 9.17) is 17.0 Å². The van der Waals surface area contributed by atoms with Crippen LogP contribution in [-0.2, 0) is 11.4 Å². The number of thiocarbonyl (C=S) groups is 1. The minimum Gasteiger partial charge on any atom is -0.489 e. The van der Waals surface area contributed by atoms with Crippen molar-refractivity contribution in [1.29, 1.82) is 0 Å². The fraction of sp³-hybridized carbons (Fsp3) is 0.115. The molecule has 5 nitrogen and oxygen atoms in total. The minimum absolute atomic E-state index is 0.284. The second-order valence-corrected chi connectivity index (χ2v) is 9.30. The molecule has 0 bridgehead atoms. The van der Waals surface area contributed by atoms with Gasteiger partial charge in [-0.1, -0.05) is 71.9 Å². The molecule has 1 aliphatic rings. The van der Waals surface area contributed by atoms with Gasteiger partial charge in [-0.15, -0.1) is 0 Å². The number of hydrogen-bond donors (Lipinski definition) is 1. The van der Waals surface area contributed by atoms with Crippen LogP contribution in [0.1, 0.15) is 32.6 Å². The second-order valence-electron chi connectivity index (χ2n) is 7.62. The molecule has 4 rings (SSSR count). The van der Waals surface area contributed by atoms with Gasteiger partial charge in [-0.3, -0.25) is 15.0 Å². The van der Waals surface area contributed by atoms with Gasteiger partial charge in [0.05, 0.1) is 4.91 Å². The molecule has 1 aliphatic heterocycles. The lowest BCUT2D eigenvalue weighted by Crippen LogP contribution is -2.45. The molecule has 0 aromatic heterocycles. The number of carbonyl (C=O) groups excluding carboxylic acids is 2. The monoisotopic (exact) mass is 474 g/mol. The summed E-state index contributed by atoms with van der Waals surface area (Å²) < 4.78 is 6.14. The molecule has 0 radical (unpaired) electrons. The Morgan fingerprint density at radius 3 is 2.55 bits per heavy atom. The molecule has 166 valence electrons. The number of thioether (sulfide) groups is 1. The standard InChI is InChI=1S/C26H22N2O3S2/c1-17-6-5-8-20(14-17)16-31-21-12-10-19(11-13-21)15-23-25(30)28(26(32)33-23)27-24(29)22-9-4-3-7-18(22)2/h3-15H,16H2,1-2H3,(H,27,29)/b23-15+. The maximum atomic E-state index is 12.8. The predicted molar refractivity (Wildman–Crippen MR) is 136 cm³/mol. The Morgan fingerprint density at radius 1 is 1.06 bits per heavy atom. The molecule has 33 heavy (non-hydrogen) atoms. The van der Waals surface area contributed by atoms with Crippen molar-refractivity contribution in [2.24, 2.45) is 0 Å². The van der Waals surface area contributed by atoms with Gasteiger partial charge in [-0.05, 0) is 67.0 Å². The van der Waals surface area contributed by atoms with Crippen molar-refractivity contribution in [3.8, 4) is 5.75 Å². The first-order valence-electron chi connectivity index (χ1n) is 10.3. The van der Waals surface area contributed by atoms with E-state index in [1.807, 2.05) is 55.5 Å². The van der Waals surface area contributed by atoms with Crippen molar-refractivity contribution in [2.45, 2.75) is 20.5 Å². The summed E-state index contributed by atoms with van der Waals surface area (Å²) in [6.45, 7) is 4.38. The van der Waals surface area contributed by atoms with E-state index >= 15 is 0 Å². The zero-order valence-corrected chi connectivity index (χ0v) is 19.8. The largest absolute Gasteiger partial charge is 0.489 e. The van der Waals surface area contributed by atoms with E-state index in [1.165, 1.54) is 5.56 Å². The van der Waals surface area contributed by atoms with Crippen LogP contribution >= 0.6 is 24.0 Å². The van der Waals surface area contributed by atoms with Gasteiger partial charge >= 0.3 is 0 Å². The Bertz CT molecular complexity index is 1250. The lowest BCUT2D eigenvalue weighted by atomic mass is 10.1. The summed E-state index contributed by atoms with van der Waals surface area (Å²) in [5.74, 6) is 0.0131. The second kappa shape index (κ2) is 10.0. The third kappa shape index (κ3) is 5.50. The summed E-state index contributed by atoms with van der Waals surface area (Å²) in [5.41, 5.74) is 7.07. The van der Waals surface area contributed by atoms with E-state index in [0.717, 1.165) is 39.2 Å².